The molecule has 21 heavy (non-hydrogen) atoms. The van der Waals surface area contributed by atoms with Crippen LogP contribution in [0.15, 0.2) is 24.3 Å². The van der Waals surface area contributed by atoms with E-state index in [4.69, 9.17) is 5.11 Å². The molecule has 1 aromatic rings. The third-order valence-corrected chi connectivity index (χ3v) is 3.72. The van der Waals surface area contributed by atoms with Gasteiger partial charge in [0.2, 0.25) is 5.91 Å². The monoisotopic (exact) mass is 299 g/mol. The smallest absolute Gasteiger partial charge is 0.387 e. The van der Waals surface area contributed by atoms with Gasteiger partial charge in [-0.2, -0.15) is 8.78 Å². The van der Waals surface area contributed by atoms with Crippen LogP contribution in [-0.2, 0) is 9.59 Å². The van der Waals surface area contributed by atoms with Crippen LogP contribution in [0.25, 0.3) is 0 Å². The van der Waals surface area contributed by atoms with Crippen LogP contribution in [0, 0.1) is 17.3 Å². The zero-order chi connectivity index (χ0) is 15.8. The normalized spacial score (nSPS) is 22.7. The van der Waals surface area contributed by atoms with Gasteiger partial charge in [-0.15, -0.1) is 0 Å². The van der Waals surface area contributed by atoms with E-state index in [1.54, 1.807) is 13.8 Å². The van der Waals surface area contributed by atoms with E-state index < -0.39 is 35.7 Å². The van der Waals surface area contributed by atoms with Crippen LogP contribution < -0.4 is 10.1 Å². The second-order valence-electron chi connectivity index (χ2n) is 5.51. The van der Waals surface area contributed by atoms with E-state index in [1.807, 2.05) is 0 Å². The van der Waals surface area contributed by atoms with E-state index in [0.29, 0.717) is 5.69 Å². The van der Waals surface area contributed by atoms with Gasteiger partial charge in [0, 0.05) is 5.69 Å². The van der Waals surface area contributed by atoms with Crippen molar-refractivity contribution in [3.8, 4) is 5.75 Å². The average molecular weight is 299 g/mol. The molecule has 0 saturated heterocycles. The number of rotatable bonds is 5. The number of carboxylic acids is 1. The Kier molecular flexibility index (Phi) is 3.85. The Morgan fingerprint density at radius 3 is 2.24 bits per heavy atom. The minimum absolute atomic E-state index is 0.0156. The zero-order valence-corrected chi connectivity index (χ0v) is 11.5. The van der Waals surface area contributed by atoms with E-state index >= 15 is 0 Å². The molecule has 2 N–H and O–H groups in total. The molecule has 1 fully saturated rings. The summed E-state index contributed by atoms with van der Waals surface area (Å²) in [5.74, 6) is -2.72. The number of carboxylic acid groups (broad SMARTS) is 1. The van der Waals surface area contributed by atoms with Crippen LogP contribution in [-0.4, -0.2) is 23.6 Å². The van der Waals surface area contributed by atoms with Crippen molar-refractivity contribution < 1.29 is 28.2 Å². The highest BCUT2D eigenvalue weighted by Gasteiger charge is 2.65. The van der Waals surface area contributed by atoms with E-state index in [-0.39, 0.29) is 5.75 Å². The quantitative estimate of drug-likeness (QED) is 0.876. The molecule has 1 aliphatic carbocycles. The number of benzene rings is 1. The zero-order valence-electron chi connectivity index (χ0n) is 11.5. The molecule has 1 amide bonds. The highest BCUT2D eigenvalue weighted by molar-refractivity contribution is 5.99. The van der Waals surface area contributed by atoms with Crippen molar-refractivity contribution in [2.75, 3.05) is 5.32 Å². The Morgan fingerprint density at radius 2 is 1.81 bits per heavy atom. The number of carbonyl (C=O) groups is 2. The first kappa shape index (κ1) is 15.2. The van der Waals surface area contributed by atoms with Gasteiger partial charge in [-0.05, 0) is 29.7 Å². The number of ether oxygens (including phenoxy) is 1. The fourth-order valence-electron chi connectivity index (χ4n) is 2.53. The first-order valence-electron chi connectivity index (χ1n) is 6.32. The molecule has 1 aromatic carbocycles. The van der Waals surface area contributed by atoms with Gasteiger partial charge in [0.1, 0.15) is 5.75 Å². The van der Waals surface area contributed by atoms with Gasteiger partial charge in [-0.25, -0.2) is 0 Å². The lowest BCUT2D eigenvalue weighted by molar-refractivity contribution is -0.140. The number of alkyl halides is 2. The summed E-state index contributed by atoms with van der Waals surface area (Å²) >= 11 is 0. The van der Waals surface area contributed by atoms with Crippen molar-refractivity contribution in [2.45, 2.75) is 20.5 Å². The summed E-state index contributed by atoms with van der Waals surface area (Å²) in [7, 11) is 0. The first-order valence-corrected chi connectivity index (χ1v) is 6.32. The molecule has 0 bridgehead atoms. The number of aliphatic carboxylic acids is 1. The van der Waals surface area contributed by atoms with Crippen molar-refractivity contribution in [1.29, 1.82) is 0 Å². The number of hydrogen-bond donors (Lipinski definition) is 2. The van der Waals surface area contributed by atoms with Crippen molar-refractivity contribution in [2.24, 2.45) is 17.3 Å². The Hall–Kier alpha value is -2.18. The molecule has 0 radical (unpaired) electrons. The Bertz CT molecular complexity index is 557. The molecule has 0 aromatic heterocycles. The van der Waals surface area contributed by atoms with Crippen LogP contribution in [0.3, 0.4) is 0 Å². The van der Waals surface area contributed by atoms with Crippen LogP contribution in [0.1, 0.15) is 13.8 Å². The summed E-state index contributed by atoms with van der Waals surface area (Å²) in [5.41, 5.74) is -0.192. The second-order valence-corrected chi connectivity index (χ2v) is 5.51. The van der Waals surface area contributed by atoms with Crippen molar-refractivity contribution in [1.82, 2.24) is 0 Å². The SMILES string of the molecule is CC1(C)[C@H](C(=O)O)[C@@H]1C(=O)Nc1ccc(OC(F)F)cc1. The number of anilines is 1. The summed E-state index contributed by atoms with van der Waals surface area (Å²) in [6.07, 6.45) is 0. The number of halogens is 2. The number of carbonyl (C=O) groups excluding carboxylic acids is 1. The van der Waals surface area contributed by atoms with Crippen LogP contribution in [0.2, 0.25) is 0 Å². The van der Waals surface area contributed by atoms with Gasteiger partial charge < -0.3 is 15.2 Å². The van der Waals surface area contributed by atoms with Crippen molar-refractivity contribution in [3.05, 3.63) is 24.3 Å². The maximum atomic E-state index is 12.0. The molecule has 0 unspecified atom stereocenters. The molecule has 1 aliphatic rings. The molecule has 2 atom stereocenters. The van der Waals surface area contributed by atoms with E-state index in [2.05, 4.69) is 10.1 Å². The van der Waals surface area contributed by atoms with E-state index in [9.17, 15) is 18.4 Å². The molecule has 0 aliphatic heterocycles. The Morgan fingerprint density at radius 1 is 1.24 bits per heavy atom. The summed E-state index contributed by atoms with van der Waals surface area (Å²) in [4.78, 5) is 23.1. The standard InChI is InChI=1S/C14H15F2NO4/c1-14(2)9(10(14)12(19)20)11(18)17-7-3-5-8(6-4-7)21-13(15)16/h3-6,9-10,13H,1-2H3,(H,17,18)(H,19,20)/t9-,10+/m1/s1. The van der Waals surface area contributed by atoms with Gasteiger partial charge in [-0.1, -0.05) is 13.8 Å². The fraction of sp³-hybridized carbons (Fsp3) is 0.429. The predicted octanol–water partition coefficient (Wildman–Crippen LogP) is 2.58. The maximum Gasteiger partial charge on any atom is 0.387 e. The van der Waals surface area contributed by atoms with Gasteiger partial charge in [0.15, 0.2) is 0 Å². The molecular weight excluding hydrogens is 284 g/mol. The molecule has 1 saturated carbocycles. The average Bonchev–Trinajstić information content (AvgIpc) is 2.94. The number of hydrogen-bond acceptors (Lipinski definition) is 3. The van der Waals surface area contributed by atoms with E-state index in [0.717, 1.165) is 0 Å². The fourth-order valence-corrected chi connectivity index (χ4v) is 2.53. The summed E-state index contributed by atoms with van der Waals surface area (Å²) in [6.45, 7) is 0.527. The van der Waals surface area contributed by atoms with Gasteiger partial charge >= 0.3 is 12.6 Å². The largest absolute Gasteiger partial charge is 0.481 e. The lowest BCUT2D eigenvalue weighted by Crippen LogP contribution is -2.17. The Balaban J connectivity index is 1.99. The van der Waals surface area contributed by atoms with Crippen LogP contribution >= 0.6 is 0 Å². The second kappa shape index (κ2) is 5.31. The highest BCUT2D eigenvalue weighted by atomic mass is 19.3. The lowest BCUT2D eigenvalue weighted by Gasteiger charge is -2.08. The third kappa shape index (κ3) is 3.12. The topological polar surface area (TPSA) is 75.6 Å². The van der Waals surface area contributed by atoms with Gasteiger partial charge in [0.05, 0.1) is 11.8 Å². The molecule has 0 heterocycles. The first-order chi connectivity index (χ1) is 9.73. The maximum absolute atomic E-state index is 12.0. The van der Waals surface area contributed by atoms with Gasteiger partial charge in [0.25, 0.3) is 0 Å². The number of nitrogens with one attached hydrogen (secondary N) is 1. The van der Waals surface area contributed by atoms with Gasteiger partial charge in [-0.3, -0.25) is 9.59 Å². The molecule has 7 heteroatoms. The van der Waals surface area contributed by atoms with Crippen LogP contribution in [0.5, 0.6) is 5.75 Å². The van der Waals surface area contributed by atoms with Crippen molar-refractivity contribution >= 4 is 17.6 Å². The summed E-state index contributed by atoms with van der Waals surface area (Å²) < 4.78 is 28.2. The number of amides is 1. The lowest BCUT2D eigenvalue weighted by atomic mass is 10.1. The summed E-state index contributed by atoms with van der Waals surface area (Å²) in [6, 6.07) is 5.44. The summed E-state index contributed by atoms with van der Waals surface area (Å²) in [5, 5.41) is 11.6. The molecular formula is C14H15F2NO4. The third-order valence-electron chi connectivity index (χ3n) is 3.72. The minimum atomic E-state index is -2.91. The van der Waals surface area contributed by atoms with Crippen molar-refractivity contribution in [3.63, 3.8) is 0 Å². The van der Waals surface area contributed by atoms with Crippen LogP contribution in [0.4, 0.5) is 14.5 Å². The Labute approximate surface area is 119 Å². The molecule has 0 spiro atoms. The molecule has 114 valence electrons. The minimum Gasteiger partial charge on any atom is -0.481 e. The van der Waals surface area contributed by atoms with E-state index in [1.165, 1.54) is 24.3 Å². The highest BCUT2D eigenvalue weighted by Crippen LogP contribution is 2.58. The molecule has 5 nitrogen and oxygen atoms in total. The predicted molar refractivity (Wildman–Crippen MR) is 70.1 cm³/mol. The molecule has 2 rings (SSSR count).